The number of phenols is 1. The summed E-state index contributed by atoms with van der Waals surface area (Å²) < 4.78 is 10.4. The second-order valence-electron chi connectivity index (χ2n) is 3.76. The summed E-state index contributed by atoms with van der Waals surface area (Å²) >= 11 is 1.54. The first-order chi connectivity index (χ1) is 8.67. The zero-order valence-electron chi connectivity index (χ0n) is 10.2. The van der Waals surface area contributed by atoms with Crippen LogP contribution in [0.3, 0.4) is 0 Å². The second kappa shape index (κ2) is 5.29. The summed E-state index contributed by atoms with van der Waals surface area (Å²) in [5, 5.41) is 12.0. The molecule has 1 atom stereocenters. The van der Waals surface area contributed by atoms with Gasteiger partial charge in [-0.3, -0.25) is 0 Å². The van der Waals surface area contributed by atoms with Gasteiger partial charge in [0.25, 0.3) is 0 Å². The van der Waals surface area contributed by atoms with E-state index in [-0.39, 0.29) is 5.75 Å². The normalized spacial score (nSPS) is 12.2. The van der Waals surface area contributed by atoms with Gasteiger partial charge < -0.3 is 20.3 Å². The van der Waals surface area contributed by atoms with Crippen molar-refractivity contribution >= 4 is 11.3 Å². The van der Waals surface area contributed by atoms with Crippen LogP contribution in [-0.2, 0) is 0 Å². The molecule has 18 heavy (non-hydrogen) atoms. The number of nitrogens with two attached hydrogens (primary N) is 1. The number of rotatable bonds is 4. The first-order valence-corrected chi connectivity index (χ1v) is 6.29. The Balaban J connectivity index is 2.49. The minimum absolute atomic E-state index is 0.0760. The summed E-state index contributed by atoms with van der Waals surface area (Å²) in [6, 6.07) is 6.69. The van der Waals surface area contributed by atoms with Crippen LogP contribution in [0, 0.1) is 0 Å². The maximum atomic E-state index is 10.1. The Labute approximate surface area is 110 Å². The van der Waals surface area contributed by atoms with Gasteiger partial charge in [0, 0.05) is 17.0 Å². The summed E-state index contributed by atoms with van der Waals surface area (Å²) in [6.45, 7) is 0. The summed E-state index contributed by atoms with van der Waals surface area (Å²) in [7, 11) is 3.08. The molecule has 0 saturated carbocycles. The van der Waals surface area contributed by atoms with Crippen LogP contribution in [0.5, 0.6) is 17.2 Å². The van der Waals surface area contributed by atoms with Crippen LogP contribution in [0.2, 0.25) is 0 Å². The molecule has 0 bridgehead atoms. The van der Waals surface area contributed by atoms with E-state index in [4.69, 9.17) is 15.2 Å². The zero-order valence-corrected chi connectivity index (χ0v) is 11.0. The number of benzene rings is 1. The summed E-state index contributed by atoms with van der Waals surface area (Å²) in [6.07, 6.45) is 0. The fourth-order valence-electron chi connectivity index (χ4n) is 1.80. The molecular weight excluding hydrogens is 250 g/mol. The number of ether oxygens (including phenoxy) is 2. The van der Waals surface area contributed by atoms with Gasteiger partial charge in [-0.2, -0.15) is 0 Å². The summed E-state index contributed by atoms with van der Waals surface area (Å²) in [5.74, 6) is 1.13. The van der Waals surface area contributed by atoms with Crippen LogP contribution in [0.4, 0.5) is 0 Å². The molecule has 0 aliphatic carbocycles. The standard InChI is InChI=1S/C13H15NO3S/c1-16-8-6-9(15)12(10(7-8)17-2)13(14)11-4-3-5-18-11/h3-7,13,15H,14H2,1-2H3/t13-/m0/s1. The Morgan fingerprint density at radius 1 is 1.28 bits per heavy atom. The number of methoxy groups -OCH3 is 2. The van der Waals surface area contributed by atoms with Gasteiger partial charge in [0.05, 0.1) is 25.8 Å². The Kier molecular flexibility index (Phi) is 3.74. The van der Waals surface area contributed by atoms with Gasteiger partial charge in [0.15, 0.2) is 0 Å². The monoisotopic (exact) mass is 265 g/mol. The number of thiophene rings is 1. The average molecular weight is 265 g/mol. The third-order valence-corrected chi connectivity index (χ3v) is 3.67. The molecule has 1 heterocycles. The van der Waals surface area contributed by atoms with Crippen molar-refractivity contribution in [2.24, 2.45) is 5.73 Å². The van der Waals surface area contributed by atoms with Crippen molar-refractivity contribution in [3.05, 3.63) is 40.1 Å². The number of hydrogen-bond acceptors (Lipinski definition) is 5. The molecule has 2 aromatic rings. The Morgan fingerprint density at radius 2 is 2.06 bits per heavy atom. The van der Waals surface area contributed by atoms with Crippen molar-refractivity contribution in [2.45, 2.75) is 6.04 Å². The molecule has 4 nitrogen and oxygen atoms in total. The topological polar surface area (TPSA) is 64.7 Å². The van der Waals surface area contributed by atoms with Crippen LogP contribution in [0.25, 0.3) is 0 Å². The van der Waals surface area contributed by atoms with Gasteiger partial charge in [-0.15, -0.1) is 11.3 Å². The van der Waals surface area contributed by atoms with Gasteiger partial charge in [-0.25, -0.2) is 0 Å². The van der Waals surface area contributed by atoms with Gasteiger partial charge >= 0.3 is 0 Å². The molecule has 1 aromatic carbocycles. The molecule has 0 fully saturated rings. The smallest absolute Gasteiger partial charge is 0.131 e. The van der Waals surface area contributed by atoms with E-state index >= 15 is 0 Å². The second-order valence-corrected chi connectivity index (χ2v) is 4.73. The lowest BCUT2D eigenvalue weighted by Gasteiger charge is -2.17. The lowest BCUT2D eigenvalue weighted by Crippen LogP contribution is -2.12. The SMILES string of the molecule is COc1cc(O)c([C@@H](N)c2cccs2)c(OC)c1. The van der Waals surface area contributed by atoms with E-state index in [0.717, 1.165) is 4.88 Å². The van der Waals surface area contributed by atoms with Crippen molar-refractivity contribution < 1.29 is 14.6 Å². The quantitative estimate of drug-likeness (QED) is 0.891. The molecule has 0 amide bonds. The maximum absolute atomic E-state index is 10.1. The highest BCUT2D eigenvalue weighted by Crippen LogP contribution is 2.39. The largest absolute Gasteiger partial charge is 0.507 e. The zero-order chi connectivity index (χ0) is 13.1. The Bertz CT molecular complexity index is 525. The third kappa shape index (κ3) is 2.27. The van der Waals surface area contributed by atoms with Crippen LogP contribution >= 0.6 is 11.3 Å². The molecule has 0 saturated heterocycles. The summed E-state index contributed by atoms with van der Waals surface area (Å²) in [5.41, 5.74) is 6.73. The minimum atomic E-state index is -0.411. The molecule has 2 rings (SSSR count). The molecule has 0 radical (unpaired) electrons. The molecule has 5 heteroatoms. The third-order valence-electron chi connectivity index (χ3n) is 2.71. The molecule has 0 spiro atoms. The van der Waals surface area contributed by atoms with Crippen molar-refractivity contribution in [3.8, 4) is 17.2 Å². The molecule has 0 aliphatic heterocycles. The van der Waals surface area contributed by atoms with E-state index in [0.29, 0.717) is 17.1 Å². The van der Waals surface area contributed by atoms with Crippen molar-refractivity contribution in [1.29, 1.82) is 0 Å². The van der Waals surface area contributed by atoms with Gasteiger partial charge in [0.1, 0.15) is 17.2 Å². The predicted molar refractivity (Wildman–Crippen MR) is 71.6 cm³/mol. The van der Waals surface area contributed by atoms with Crippen LogP contribution < -0.4 is 15.2 Å². The van der Waals surface area contributed by atoms with Crippen molar-refractivity contribution in [3.63, 3.8) is 0 Å². The highest BCUT2D eigenvalue weighted by molar-refractivity contribution is 7.10. The highest BCUT2D eigenvalue weighted by atomic mass is 32.1. The predicted octanol–water partition coefficient (Wildman–Crippen LogP) is 2.52. The molecule has 0 aliphatic rings. The Hall–Kier alpha value is -1.72. The fourth-order valence-corrected chi connectivity index (χ4v) is 2.53. The van der Waals surface area contributed by atoms with E-state index in [1.54, 1.807) is 24.5 Å². The van der Waals surface area contributed by atoms with E-state index in [9.17, 15) is 5.11 Å². The number of aromatic hydroxyl groups is 1. The molecule has 0 unspecified atom stereocenters. The average Bonchev–Trinajstić information content (AvgIpc) is 2.90. The summed E-state index contributed by atoms with van der Waals surface area (Å²) in [4.78, 5) is 0.966. The maximum Gasteiger partial charge on any atom is 0.131 e. The van der Waals surface area contributed by atoms with Crippen molar-refractivity contribution in [1.82, 2.24) is 0 Å². The number of hydrogen-bond donors (Lipinski definition) is 2. The Morgan fingerprint density at radius 3 is 2.61 bits per heavy atom. The van der Waals surface area contributed by atoms with E-state index < -0.39 is 6.04 Å². The molecule has 1 aromatic heterocycles. The van der Waals surface area contributed by atoms with Crippen LogP contribution in [0.1, 0.15) is 16.5 Å². The van der Waals surface area contributed by atoms with Gasteiger partial charge in [0.2, 0.25) is 0 Å². The van der Waals surface area contributed by atoms with Gasteiger partial charge in [-0.1, -0.05) is 6.07 Å². The molecular formula is C13H15NO3S. The fraction of sp³-hybridized carbons (Fsp3) is 0.231. The van der Waals surface area contributed by atoms with Crippen LogP contribution in [-0.4, -0.2) is 19.3 Å². The minimum Gasteiger partial charge on any atom is -0.507 e. The van der Waals surface area contributed by atoms with E-state index in [2.05, 4.69) is 0 Å². The van der Waals surface area contributed by atoms with Crippen molar-refractivity contribution in [2.75, 3.05) is 14.2 Å². The van der Waals surface area contributed by atoms with E-state index in [1.165, 1.54) is 13.2 Å². The number of phenolic OH excluding ortho intramolecular Hbond substituents is 1. The first-order valence-electron chi connectivity index (χ1n) is 5.41. The lowest BCUT2D eigenvalue weighted by molar-refractivity contribution is 0.377. The van der Waals surface area contributed by atoms with E-state index in [1.807, 2.05) is 17.5 Å². The lowest BCUT2D eigenvalue weighted by atomic mass is 10.0. The van der Waals surface area contributed by atoms with Gasteiger partial charge in [-0.05, 0) is 11.4 Å². The highest BCUT2D eigenvalue weighted by Gasteiger charge is 2.20. The van der Waals surface area contributed by atoms with Crippen LogP contribution in [0.15, 0.2) is 29.6 Å². The first kappa shape index (κ1) is 12.7. The molecule has 3 N–H and O–H groups in total. The molecule has 96 valence electrons.